The highest BCUT2D eigenvalue weighted by Gasteiger charge is 1.95. The second-order valence-electron chi connectivity index (χ2n) is 3.23. The summed E-state index contributed by atoms with van der Waals surface area (Å²) in [4.78, 5) is 10.8. The SMILES string of the molecule is C=CC(=O)NCCc1cccc(C)c1. The second kappa shape index (κ2) is 5.22. The van der Waals surface area contributed by atoms with Gasteiger partial charge in [0.1, 0.15) is 0 Å². The Morgan fingerprint density at radius 1 is 1.57 bits per heavy atom. The minimum Gasteiger partial charge on any atom is -0.352 e. The van der Waals surface area contributed by atoms with E-state index in [2.05, 4.69) is 37.0 Å². The van der Waals surface area contributed by atoms with Gasteiger partial charge in [0.2, 0.25) is 5.91 Å². The summed E-state index contributed by atoms with van der Waals surface area (Å²) in [6, 6.07) is 8.28. The Bertz CT molecular complexity index is 331. The van der Waals surface area contributed by atoms with Crippen LogP contribution in [0.25, 0.3) is 0 Å². The topological polar surface area (TPSA) is 29.1 Å². The van der Waals surface area contributed by atoms with Crippen LogP contribution in [0.1, 0.15) is 11.1 Å². The average Bonchev–Trinajstić information content (AvgIpc) is 2.17. The fourth-order valence-electron chi connectivity index (χ4n) is 1.27. The lowest BCUT2D eigenvalue weighted by atomic mass is 10.1. The molecule has 74 valence electrons. The van der Waals surface area contributed by atoms with Crippen LogP contribution in [0.5, 0.6) is 0 Å². The molecule has 0 aliphatic carbocycles. The normalized spacial score (nSPS) is 9.50. The molecule has 1 amide bonds. The Labute approximate surface area is 84.6 Å². The third-order valence-corrected chi connectivity index (χ3v) is 1.98. The number of amides is 1. The first kappa shape index (κ1) is 10.5. The lowest BCUT2D eigenvalue weighted by Gasteiger charge is -2.03. The molecule has 14 heavy (non-hydrogen) atoms. The minimum absolute atomic E-state index is 0.113. The van der Waals surface area contributed by atoms with E-state index in [4.69, 9.17) is 0 Å². The Morgan fingerprint density at radius 3 is 3.00 bits per heavy atom. The molecule has 1 aromatic rings. The second-order valence-corrected chi connectivity index (χ2v) is 3.23. The standard InChI is InChI=1S/C12H15NO/c1-3-12(14)13-8-7-11-6-4-5-10(2)9-11/h3-6,9H,1,7-8H2,2H3,(H,13,14). The summed E-state index contributed by atoms with van der Waals surface area (Å²) in [6.45, 7) is 6.11. The van der Waals surface area contributed by atoms with E-state index in [1.807, 2.05) is 6.07 Å². The third-order valence-electron chi connectivity index (χ3n) is 1.98. The summed E-state index contributed by atoms with van der Waals surface area (Å²) in [6.07, 6.45) is 2.15. The van der Waals surface area contributed by atoms with Gasteiger partial charge in [0.05, 0.1) is 0 Å². The predicted octanol–water partition coefficient (Wildman–Crippen LogP) is 1.84. The van der Waals surface area contributed by atoms with Crippen molar-refractivity contribution in [1.29, 1.82) is 0 Å². The number of benzene rings is 1. The van der Waals surface area contributed by atoms with E-state index >= 15 is 0 Å². The lowest BCUT2D eigenvalue weighted by Crippen LogP contribution is -2.23. The molecule has 0 atom stereocenters. The average molecular weight is 189 g/mol. The van der Waals surface area contributed by atoms with Gasteiger partial charge in [0, 0.05) is 6.54 Å². The van der Waals surface area contributed by atoms with Crippen LogP contribution < -0.4 is 5.32 Å². The fraction of sp³-hybridized carbons (Fsp3) is 0.250. The molecule has 2 nitrogen and oxygen atoms in total. The van der Waals surface area contributed by atoms with E-state index in [0.717, 1.165) is 6.42 Å². The van der Waals surface area contributed by atoms with Crippen LogP contribution in [0.15, 0.2) is 36.9 Å². The number of aryl methyl sites for hydroxylation is 1. The quantitative estimate of drug-likeness (QED) is 0.719. The van der Waals surface area contributed by atoms with Crippen molar-refractivity contribution >= 4 is 5.91 Å². The van der Waals surface area contributed by atoms with E-state index in [0.29, 0.717) is 6.54 Å². The summed E-state index contributed by atoms with van der Waals surface area (Å²) in [5.41, 5.74) is 2.49. The zero-order valence-corrected chi connectivity index (χ0v) is 8.42. The zero-order valence-electron chi connectivity index (χ0n) is 8.42. The maximum atomic E-state index is 10.8. The minimum atomic E-state index is -0.113. The van der Waals surface area contributed by atoms with Crippen LogP contribution in [0.3, 0.4) is 0 Å². The molecule has 0 aromatic heterocycles. The van der Waals surface area contributed by atoms with Crippen molar-refractivity contribution in [2.75, 3.05) is 6.54 Å². The predicted molar refractivity (Wildman–Crippen MR) is 58.1 cm³/mol. The van der Waals surface area contributed by atoms with Crippen LogP contribution in [0.4, 0.5) is 0 Å². The highest BCUT2D eigenvalue weighted by Crippen LogP contribution is 2.03. The summed E-state index contributed by atoms with van der Waals surface area (Å²) in [5.74, 6) is -0.113. The van der Waals surface area contributed by atoms with E-state index in [1.165, 1.54) is 17.2 Å². The van der Waals surface area contributed by atoms with Gasteiger partial charge in [-0.1, -0.05) is 36.4 Å². The van der Waals surface area contributed by atoms with Crippen molar-refractivity contribution in [2.45, 2.75) is 13.3 Å². The first-order valence-corrected chi connectivity index (χ1v) is 4.68. The Morgan fingerprint density at radius 2 is 2.36 bits per heavy atom. The first-order chi connectivity index (χ1) is 6.72. The van der Waals surface area contributed by atoms with E-state index in [9.17, 15) is 4.79 Å². The molecule has 0 unspecified atom stereocenters. The molecule has 1 N–H and O–H groups in total. The van der Waals surface area contributed by atoms with Gasteiger partial charge in [0.15, 0.2) is 0 Å². The number of rotatable bonds is 4. The van der Waals surface area contributed by atoms with E-state index in [-0.39, 0.29) is 5.91 Å². The molecule has 1 aromatic carbocycles. The molecule has 0 saturated heterocycles. The van der Waals surface area contributed by atoms with Gasteiger partial charge < -0.3 is 5.32 Å². The van der Waals surface area contributed by atoms with Crippen LogP contribution in [-0.4, -0.2) is 12.5 Å². The summed E-state index contributed by atoms with van der Waals surface area (Å²) < 4.78 is 0. The molecule has 0 heterocycles. The number of carbonyl (C=O) groups excluding carboxylic acids is 1. The van der Waals surface area contributed by atoms with Gasteiger partial charge in [0.25, 0.3) is 0 Å². The van der Waals surface area contributed by atoms with Crippen molar-refractivity contribution in [1.82, 2.24) is 5.32 Å². The van der Waals surface area contributed by atoms with Crippen LogP contribution in [-0.2, 0) is 11.2 Å². The molecule has 0 aliphatic rings. The summed E-state index contributed by atoms with van der Waals surface area (Å²) in [7, 11) is 0. The third kappa shape index (κ3) is 3.44. The maximum Gasteiger partial charge on any atom is 0.243 e. The van der Waals surface area contributed by atoms with E-state index in [1.54, 1.807) is 0 Å². The molecule has 1 rings (SSSR count). The van der Waals surface area contributed by atoms with E-state index < -0.39 is 0 Å². The molecule has 0 spiro atoms. The molecule has 0 fully saturated rings. The highest BCUT2D eigenvalue weighted by atomic mass is 16.1. The van der Waals surface area contributed by atoms with Crippen LogP contribution in [0.2, 0.25) is 0 Å². The van der Waals surface area contributed by atoms with Crippen molar-refractivity contribution in [3.05, 3.63) is 48.0 Å². The number of hydrogen-bond acceptors (Lipinski definition) is 1. The van der Waals surface area contributed by atoms with Gasteiger partial charge in [-0.2, -0.15) is 0 Å². The van der Waals surface area contributed by atoms with Crippen molar-refractivity contribution in [3.63, 3.8) is 0 Å². The van der Waals surface area contributed by atoms with Gasteiger partial charge in [-0.25, -0.2) is 0 Å². The number of carbonyl (C=O) groups is 1. The molecule has 0 saturated carbocycles. The lowest BCUT2D eigenvalue weighted by molar-refractivity contribution is -0.116. The van der Waals surface area contributed by atoms with Crippen LogP contribution in [0, 0.1) is 6.92 Å². The first-order valence-electron chi connectivity index (χ1n) is 4.68. The van der Waals surface area contributed by atoms with Crippen molar-refractivity contribution in [3.8, 4) is 0 Å². The molecule has 0 bridgehead atoms. The zero-order chi connectivity index (χ0) is 10.4. The monoisotopic (exact) mass is 189 g/mol. The fourth-order valence-corrected chi connectivity index (χ4v) is 1.27. The van der Waals surface area contributed by atoms with Gasteiger partial charge >= 0.3 is 0 Å². The maximum absolute atomic E-state index is 10.8. The molecule has 0 radical (unpaired) electrons. The van der Waals surface area contributed by atoms with Crippen molar-refractivity contribution < 1.29 is 4.79 Å². The molecule has 0 aliphatic heterocycles. The van der Waals surface area contributed by atoms with Gasteiger partial charge in [-0.3, -0.25) is 4.79 Å². The van der Waals surface area contributed by atoms with Crippen molar-refractivity contribution in [2.24, 2.45) is 0 Å². The number of nitrogens with one attached hydrogen (secondary N) is 1. The Hall–Kier alpha value is -1.57. The summed E-state index contributed by atoms with van der Waals surface area (Å²) >= 11 is 0. The number of hydrogen-bond donors (Lipinski definition) is 1. The molecular weight excluding hydrogens is 174 g/mol. The Balaban J connectivity index is 2.38. The largest absolute Gasteiger partial charge is 0.352 e. The smallest absolute Gasteiger partial charge is 0.243 e. The molecule has 2 heteroatoms. The summed E-state index contributed by atoms with van der Waals surface area (Å²) in [5, 5.41) is 2.74. The van der Waals surface area contributed by atoms with Gasteiger partial charge in [-0.05, 0) is 25.0 Å². The Kier molecular flexibility index (Phi) is 3.92. The molecular formula is C12H15NO. The highest BCUT2D eigenvalue weighted by molar-refractivity contribution is 5.86. The van der Waals surface area contributed by atoms with Gasteiger partial charge in [-0.15, -0.1) is 0 Å². The van der Waals surface area contributed by atoms with Crippen LogP contribution >= 0.6 is 0 Å².